The Bertz CT molecular complexity index is 252. The molecule has 2 atom stereocenters. The Balaban J connectivity index is 2.21. The Morgan fingerprint density at radius 1 is 1.26 bits per heavy atom. The van der Waals surface area contributed by atoms with Gasteiger partial charge in [0.15, 0.2) is 0 Å². The predicted octanol–water partition coefficient (Wildman–Crippen LogP) is 2.37. The molecule has 1 aliphatic rings. The van der Waals surface area contributed by atoms with E-state index in [4.69, 9.17) is 0 Å². The van der Waals surface area contributed by atoms with Crippen LogP contribution < -0.4 is 10.6 Å². The summed E-state index contributed by atoms with van der Waals surface area (Å²) in [5.74, 6) is 1.38. The second-order valence-electron chi connectivity index (χ2n) is 5.29. The maximum absolute atomic E-state index is 11.8. The van der Waals surface area contributed by atoms with Crippen molar-refractivity contribution in [3.63, 3.8) is 0 Å². The van der Waals surface area contributed by atoms with Crippen LogP contribution in [0.1, 0.15) is 44.9 Å². The van der Waals surface area contributed by atoms with Gasteiger partial charge in [-0.1, -0.05) is 19.3 Å². The average molecular weight is 288 g/mol. The largest absolute Gasteiger partial charge is 0.396 e. The van der Waals surface area contributed by atoms with E-state index in [9.17, 15) is 9.90 Å². The van der Waals surface area contributed by atoms with Crippen LogP contribution in [0.5, 0.6) is 0 Å². The topological polar surface area (TPSA) is 61.4 Å². The van der Waals surface area contributed by atoms with Gasteiger partial charge in [-0.25, -0.2) is 4.79 Å². The van der Waals surface area contributed by atoms with Crippen LogP contribution in [0.2, 0.25) is 0 Å². The zero-order chi connectivity index (χ0) is 13.9. The molecule has 5 heteroatoms. The van der Waals surface area contributed by atoms with Crippen LogP contribution in [0.3, 0.4) is 0 Å². The molecule has 3 N–H and O–H groups in total. The molecule has 0 spiro atoms. The van der Waals surface area contributed by atoms with Crippen LogP contribution in [0, 0.1) is 5.92 Å². The molecule has 0 aliphatic heterocycles. The first-order valence-electron chi connectivity index (χ1n) is 7.42. The maximum atomic E-state index is 11.8. The van der Waals surface area contributed by atoms with Gasteiger partial charge in [-0.2, -0.15) is 11.8 Å². The van der Waals surface area contributed by atoms with Crippen molar-refractivity contribution in [2.45, 2.75) is 51.0 Å². The summed E-state index contributed by atoms with van der Waals surface area (Å²) in [5.41, 5.74) is 0. The molecule has 0 bridgehead atoms. The summed E-state index contributed by atoms with van der Waals surface area (Å²) in [6.07, 6.45) is 9.81. The molecule has 0 radical (unpaired) electrons. The molecule has 19 heavy (non-hydrogen) atoms. The highest BCUT2D eigenvalue weighted by Crippen LogP contribution is 2.23. The number of urea groups is 1. The van der Waals surface area contributed by atoms with Gasteiger partial charge in [-0.3, -0.25) is 0 Å². The lowest BCUT2D eigenvalue weighted by molar-refractivity contribution is 0.179. The van der Waals surface area contributed by atoms with E-state index in [1.54, 1.807) is 0 Å². The zero-order valence-electron chi connectivity index (χ0n) is 12.0. The molecule has 2 unspecified atom stereocenters. The van der Waals surface area contributed by atoms with Gasteiger partial charge in [0.05, 0.1) is 0 Å². The van der Waals surface area contributed by atoms with Crippen LogP contribution in [-0.2, 0) is 0 Å². The van der Waals surface area contributed by atoms with Gasteiger partial charge in [0.1, 0.15) is 0 Å². The van der Waals surface area contributed by atoms with Crippen molar-refractivity contribution in [1.29, 1.82) is 0 Å². The number of carbonyl (C=O) groups is 1. The number of aliphatic hydroxyl groups is 1. The van der Waals surface area contributed by atoms with E-state index in [1.165, 1.54) is 12.8 Å². The van der Waals surface area contributed by atoms with Crippen molar-refractivity contribution >= 4 is 17.8 Å². The van der Waals surface area contributed by atoms with Crippen LogP contribution in [0.15, 0.2) is 0 Å². The second kappa shape index (κ2) is 10.4. The number of aliphatic hydroxyl groups excluding tert-OH is 1. The molecule has 1 rings (SSSR count). The van der Waals surface area contributed by atoms with Crippen molar-refractivity contribution in [3.8, 4) is 0 Å². The van der Waals surface area contributed by atoms with Crippen molar-refractivity contribution in [1.82, 2.24) is 10.6 Å². The second-order valence-corrected chi connectivity index (χ2v) is 6.27. The first kappa shape index (κ1) is 16.6. The lowest BCUT2D eigenvalue weighted by Crippen LogP contribution is -2.46. The highest BCUT2D eigenvalue weighted by Gasteiger charge is 2.24. The molecule has 0 aromatic rings. The molecular formula is C14H28N2O2S. The lowest BCUT2D eigenvalue weighted by Gasteiger charge is -2.24. The third-order valence-electron chi connectivity index (χ3n) is 3.77. The summed E-state index contributed by atoms with van der Waals surface area (Å²) in [6, 6.07) is 0.0631. The molecular weight excluding hydrogens is 260 g/mol. The third kappa shape index (κ3) is 7.06. The van der Waals surface area contributed by atoms with Crippen molar-refractivity contribution in [2.24, 2.45) is 5.92 Å². The Labute approximate surface area is 121 Å². The molecule has 2 amide bonds. The Hall–Kier alpha value is -0.420. The van der Waals surface area contributed by atoms with E-state index < -0.39 is 0 Å². The highest BCUT2D eigenvalue weighted by atomic mass is 32.2. The van der Waals surface area contributed by atoms with E-state index in [-0.39, 0.29) is 24.6 Å². The lowest BCUT2D eigenvalue weighted by atomic mass is 9.96. The van der Waals surface area contributed by atoms with Gasteiger partial charge in [0, 0.05) is 25.1 Å². The first-order chi connectivity index (χ1) is 9.27. The summed E-state index contributed by atoms with van der Waals surface area (Å²) in [5, 5.41) is 15.3. The van der Waals surface area contributed by atoms with E-state index in [0.717, 1.165) is 44.4 Å². The van der Waals surface area contributed by atoms with Crippen LogP contribution >= 0.6 is 11.8 Å². The minimum absolute atomic E-state index is 0.0745. The van der Waals surface area contributed by atoms with Gasteiger partial charge >= 0.3 is 6.03 Å². The van der Waals surface area contributed by atoms with Crippen molar-refractivity contribution < 1.29 is 9.90 Å². The molecule has 112 valence electrons. The Morgan fingerprint density at radius 3 is 2.79 bits per heavy atom. The van der Waals surface area contributed by atoms with E-state index in [1.807, 2.05) is 11.8 Å². The fourth-order valence-electron chi connectivity index (χ4n) is 2.59. The Kier molecular flexibility index (Phi) is 9.08. The third-order valence-corrected chi connectivity index (χ3v) is 4.47. The summed E-state index contributed by atoms with van der Waals surface area (Å²) in [7, 11) is 0. The molecule has 1 aliphatic carbocycles. The Morgan fingerprint density at radius 2 is 2.05 bits per heavy atom. The number of hydrogen-bond acceptors (Lipinski definition) is 3. The highest BCUT2D eigenvalue weighted by molar-refractivity contribution is 7.98. The molecule has 0 aromatic heterocycles. The number of unbranched alkanes of at least 4 members (excludes halogenated alkanes) is 1. The normalized spacial score (nSPS) is 23.7. The molecule has 0 saturated heterocycles. The molecule has 4 nitrogen and oxygen atoms in total. The number of amides is 2. The SMILES string of the molecule is CSCCCCNC(=O)NC1CCCCCC1CO. The van der Waals surface area contributed by atoms with Crippen molar-refractivity contribution in [3.05, 3.63) is 0 Å². The van der Waals surface area contributed by atoms with Gasteiger partial charge in [0.25, 0.3) is 0 Å². The van der Waals surface area contributed by atoms with Crippen LogP contribution in [0.4, 0.5) is 4.79 Å². The summed E-state index contributed by atoms with van der Waals surface area (Å²) >= 11 is 1.84. The standard InChI is InChI=1S/C14H28N2O2S/c1-19-10-6-5-9-15-14(18)16-13-8-4-2-3-7-12(13)11-17/h12-13,17H,2-11H2,1H3,(H2,15,16,18). The van der Waals surface area contributed by atoms with Gasteiger partial charge < -0.3 is 15.7 Å². The number of carbonyl (C=O) groups excluding carboxylic acids is 1. The smallest absolute Gasteiger partial charge is 0.315 e. The fraction of sp³-hybridized carbons (Fsp3) is 0.929. The molecule has 1 saturated carbocycles. The van der Waals surface area contributed by atoms with Gasteiger partial charge in [-0.05, 0) is 37.7 Å². The van der Waals surface area contributed by atoms with Gasteiger partial charge in [0.2, 0.25) is 0 Å². The monoisotopic (exact) mass is 288 g/mol. The molecule has 0 heterocycles. The first-order valence-corrected chi connectivity index (χ1v) is 8.81. The number of hydrogen-bond donors (Lipinski definition) is 3. The number of nitrogens with one attached hydrogen (secondary N) is 2. The van der Waals surface area contributed by atoms with Gasteiger partial charge in [-0.15, -0.1) is 0 Å². The number of rotatable bonds is 7. The predicted molar refractivity (Wildman–Crippen MR) is 81.6 cm³/mol. The average Bonchev–Trinajstić information content (AvgIpc) is 2.63. The van der Waals surface area contributed by atoms with Crippen molar-refractivity contribution in [2.75, 3.05) is 25.2 Å². The minimum Gasteiger partial charge on any atom is -0.396 e. The van der Waals surface area contributed by atoms with Crippen LogP contribution in [0.25, 0.3) is 0 Å². The maximum Gasteiger partial charge on any atom is 0.315 e. The fourth-order valence-corrected chi connectivity index (χ4v) is 3.08. The quantitative estimate of drug-likeness (QED) is 0.498. The number of thioether (sulfide) groups is 1. The molecule has 1 fully saturated rings. The summed E-state index contributed by atoms with van der Waals surface area (Å²) in [6.45, 7) is 0.918. The van der Waals surface area contributed by atoms with E-state index in [2.05, 4.69) is 16.9 Å². The summed E-state index contributed by atoms with van der Waals surface area (Å²) < 4.78 is 0. The van der Waals surface area contributed by atoms with E-state index in [0.29, 0.717) is 0 Å². The zero-order valence-corrected chi connectivity index (χ0v) is 12.8. The molecule has 0 aromatic carbocycles. The van der Waals surface area contributed by atoms with Crippen LogP contribution in [-0.4, -0.2) is 42.3 Å². The summed E-state index contributed by atoms with van der Waals surface area (Å²) in [4.78, 5) is 11.8. The minimum atomic E-state index is -0.0745. The van der Waals surface area contributed by atoms with E-state index >= 15 is 0 Å².